The smallest absolute Gasteiger partial charge is 0.222 e. The minimum atomic E-state index is 0.599. The molecule has 518 valence electrons. The van der Waals surface area contributed by atoms with E-state index in [-0.39, 0.29) is 0 Å². The Bertz CT molecular complexity index is 5970. The van der Waals surface area contributed by atoms with Gasteiger partial charge in [0.1, 0.15) is 35.2 Å². The van der Waals surface area contributed by atoms with Crippen molar-refractivity contribution < 1.29 is 29.7 Å². The molecule has 15 aromatic rings. The predicted molar refractivity (Wildman–Crippen MR) is 434 cm³/mol. The molecule has 0 aliphatic heterocycles. The quantitative estimate of drug-likeness (QED) is 0.161. The van der Waals surface area contributed by atoms with Gasteiger partial charge in [-0.3, -0.25) is 9.97 Å². The molecule has 7 nitrogen and oxygen atoms in total. The highest BCUT2D eigenvalue weighted by molar-refractivity contribution is 5.98. The van der Waals surface area contributed by atoms with E-state index < -0.39 is 0 Å². The maximum atomic E-state index is 8.48. The highest BCUT2D eigenvalue weighted by Crippen LogP contribution is 2.36. The zero-order chi connectivity index (χ0) is 78.3. The van der Waals surface area contributed by atoms with Crippen LogP contribution in [-0.4, -0.2) is 9.97 Å². The van der Waals surface area contributed by atoms with E-state index in [1.54, 1.807) is 0 Å². The number of fused-ring (bicyclic) bond motifs is 5. The van der Waals surface area contributed by atoms with Crippen molar-refractivity contribution in [3.8, 4) is 56.3 Å². The summed E-state index contributed by atoms with van der Waals surface area (Å²) in [6.45, 7) is 37.6. The fraction of sp³-hybridized carbons (Fsp3) is 0.240. The number of pyridine rings is 7. The SMILES string of the molecule is [2H]c1c(C)[n+](C)c(-c2cc(C)cc(C)c2C)c2cc(C)ccc12.[2H]c1c(C)[n+](C)c(-c2cc(C)ccc2C)c2cc(C)ccc12.[2H]c1c(C)[n+](C)c(-c2ccccc2C)c2cc(C)ccc12.[2H]c1c(C)[n+](C)c(-c2ccncc2C)c2ccc(C)cc12.[2H]c1c(C)[n+](C)c(-c2cnccc2C)c2ccc(C)cc12. The Morgan fingerprint density at radius 3 is 1.05 bits per heavy atom. The monoisotopic (exact) mass is 1360 g/mol. The van der Waals surface area contributed by atoms with Gasteiger partial charge in [0.15, 0.2) is 28.5 Å². The van der Waals surface area contributed by atoms with Gasteiger partial charge in [-0.05, 0) is 211 Å². The fourth-order valence-corrected chi connectivity index (χ4v) is 14.2. The standard InChI is InChI=1S/C21H24N.C20H22N.C19H20N.2C18H19N2/c1-13-7-8-18-12-16(4)22(6)21(20(18)10-13)19-11-14(2)9-15(3)17(19)5;1-13-6-8-15(3)18(10-13)20-19-11-14(2)7-9-17(19)12-16(4)21(20)5;1-13-9-10-16-12-15(3)20(4)19(18(16)11-13)17-8-6-5-7-14(17)2;1-12-5-6-17-15(9-12)10-14(3)20(4)18(17)16-7-8-19-11-13(16)2;1-12-5-6-16-15(9-12)10-14(3)20(4)18(16)17-11-19-8-7-13(17)2/h7-12H,1-6H3;6-12H,1-5H3;5-12H,1-4H3;2*5-11H,1-4H3/q5*+1/i3*12D;2*10D. The zero-order valence-corrected chi connectivity index (χ0v) is 65.0. The van der Waals surface area contributed by atoms with Gasteiger partial charge in [-0.2, -0.15) is 22.8 Å². The summed E-state index contributed by atoms with van der Waals surface area (Å²) in [5.41, 5.74) is 32.9. The Hall–Kier alpha value is -10.9. The highest BCUT2D eigenvalue weighted by Gasteiger charge is 2.26. The Morgan fingerprint density at radius 1 is 0.243 bits per heavy atom. The van der Waals surface area contributed by atoms with Gasteiger partial charge < -0.3 is 0 Å². The normalized spacial score (nSPS) is 11.7. The maximum absolute atomic E-state index is 8.48. The molecule has 0 unspecified atom stereocenters. The molecule has 15 rings (SSSR count). The van der Waals surface area contributed by atoms with Gasteiger partial charge in [0.25, 0.3) is 0 Å². The number of nitrogens with zero attached hydrogens (tertiary/aromatic N) is 7. The maximum Gasteiger partial charge on any atom is 0.222 e. The third kappa shape index (κ3) is 15.5. The topological polar surface area (TPSA) is 45.2 Å². The Morgan fingerprint density at radius 2 is 0.583 bits per heavy atom. The van der Waals surface area contributed by atoms with Gasteiger partial charge in [0, 0.05) is 101 Å². The third-order valence-corrected chi connectivity index (χ3v) is 20.6. The van der Waals surface area contributed by atoms with Crippen LogP contribution in [0.3, 0.4) is 0 Å². The average Bonchev–Trinajstić information content (AvgIpc) is 0.785. The number of aromatic nitrogens is 7. The molecule has 7 aromatic heterocycles. The minimum Gasteiger partial charge on any atom is -0.264 e. The number of rotatable bonds is 5. The summed E-state index contributed by atoms with van der Waals surface area (Å²) in [5.74, 6) is 0. The van der Waals surface area contributed by atoms with E-state index in [0.29, 0.717) is 30.2 Å². The van der Waals surface area contributed by atoms with E-state index in [0.717, 1.165) is 105 Å². The summed E-state index contributed by atoms with van der Waals surface area (Å²) in [6, 6.07) is 58.4. The first-order chi connectivity index (χ1) is 51.2. The van der Waals surface area contributed by atoms with E-state index >= 15 is 0 Å². The number of hydrogen-bond acceptors (Lipinski definition) is 2. The molecule has 0 bridgehead atoms. The number of hydrogen-bond donors (Lipinski definition) is 0. The lowest BCUT2D eigenvalue weighted by molar-refractivity contribution is -0.665. The van der Waals surface area contributed by atoms with Crippen LogP contribution in [0, 0.1) is 125 Å². The van der Waals surface area contributed by atoms with Crippen molar-refractivity contribution in [2.24, 2.45) is 35.2 Å². The average molecular weight is 1360 g/mol. The molecule has 103 heavy (non-hydrogen) atoms. The number of aryl methyl sites for hydroxylation is 12. The van der Waals surface area contributed by atoms with Crippen LogP contribution < -0.4 is 22.8 Å². The first-order valence-electron chi connectivity index (χ1n) is 38.2. The van der Waals surface area contributed by atoms with Crippen LogP contribution in [0.5, 0.6) is 0 Å². The van der Waals surface area contributed by atoms with Gasteiger partial charge in [0.2, 0.25) is 28.5 Å². The largest absolute Gasteiger partial charge is 0.264 e. The summed E-state index contributed by atoms with van der Waals surface area (Å²) in [7, 11) is 10.2. The minimum absolute atomic E-state index is 0.599. The molecule has 7 heterocycles. The molecule has 0 saturated heterocycles. The molecule has 0 aliphatic rings. The molecule has 0 spiro atoms. The van der Waals surface area contributed by atoms with E-state index in [1.165, 1.54) is 106 Å². The van der Waals surface area contributed by atoms with E-state index in [2.05, 4.69) is 290 Å². The van der Waals surface area contributed by atoms with Gasteiger partial charge in [-0.1, -0.05) is 136 Å². The van der Waals surface area contributed by atoms with Crippen molar-refractivity contribution in [3.05, 3.63) is 314 Å². The first-order valence-corrected chi connectivity index (χ1v) is 35.7. The Kier molecular flexibility index (Phi) is 19.9. The zero-order valence-electron chi connectivity index (χ0n) is 70.0. The summed E-state index contributed by atoms with van der Waals surface area (Å²) in [6.07, 6.45) is 7.44. The van der Waals surface area contributed by atoms with Crippen molar-refractivity contribution in [2.75, 3.05) is 0 Å². The summed E-state index contributed by atoms with van der Waals surface area (Å²) < 4.78 is 52.8. The van der Waals surface area contributed by atoms with Crippen LogP contribution in [-0.2, 0) is 35.2 Å². The molecule has 0 radical (unpaired) electrons. The van der Waals surface area contributed by atoms with Crippen molar-refractivity contribution in [1.82, 2.24) is 9.97 Å². The van der Waals surface area contributed by atoms with Gasteiger partial charge in [-0.25, -0.2) is 0 Å². The van der Waals surface area contributed by atoms with Crippen LogP contribution in [0.2, 0.25) is 0 Å². The second-order valence-electron chi connectivity index (χ2n) is 28.6. The Balaban J connectivity index is 0.000000134. The van der Waals surface area contributed by atoms with Gasteiger partial charge in [-0.15, -0.1) is 0 Å². The van der Waals surface area contributed by atoms with Crippen molar-refractivity contribution >= 4 is 53.9 Å². The fourth-order valence-electron chi connectivity index (χ4n) is 14.2. The second-order valence-corrected chi connectivity index (χ2v) is 28.6. The van der Waals surface area contributed by atoms with Crippen LogP contribution >= 0.6 is 0 Å². The molecule has 0 fully saturated rings. The predicted octanol–water partition coefficient (Wildman–Crippen LogP) is 21.0. The van der Waals surface area contributed by atoms with E-state index in [1.807, 2.05) is 85.6 Å². The lowest BCUT2D eigenvalue weighted by atomic mass is 9.93. The molecular weight excluding hydrogens is 1250 g/mol. The van der Waals surface area contributed by atoms with Crippen molar-refractivity contribution in [1.29, 1.82) is 0 Å². The molecule has 8 aromatic carbocycles. The lowest BCUT2D eigenvalue weighted by Gasteiger charge is -2.13. The molecule has 0 saturated carbocycles. The van der Waals surface area contributed by atoms with Crippen LogP contribution in [0.25, 0.3) is 110 Å². The van der Waals surface area contributed by atoms with Crippen LogP contribution in [0.4, 0.5) is 0 Å². The third-order valence-electron chi connectivity index (χ3n) is 20.6. The van der Waals surface area contributed by atoms with E-state index in [4.69, 9.17) is 6.85 Å². The number of benzene rings is 8. The molecular formula is C96H104N7+5. The lowest BCUT2D eigenvalue weighted by Crippen LogP contribution is -2.35. The summed E-state index contributed by atoms with van der Waals surface area (Å²) in [5, 5.41) is 10.8. The van der Waals surface area contributed by atoms with Crippen LogP contribution in [0.15, 0.2) is 213 Å². The molecule has 0 atom stereocenters. The van der Waals surface area contributed by atoms with Gasteiger partial charge >= 0.3 is 0 Å². The molecule has 0 amide bonds. The molecule has 7 heteroatoms. The molecule has 0 N–H and O–H groups in total. The van der Waals surface area contributed by atoms with Gasteiger partial charge in [0.05, 0.1) is 50.5 Å². The second kappa shape index (κ2) is 30.7. The summed E-state index contributed by atoms with van der Waals surface area (Å²) in [4.78, 5) is 8.47. The highest BCUT2D eigenvalue weighted by atomic mass is 15.0. The first kappa shape index (κ1) is 66.6. The van der Waals surface area contributed by atoms with Crippen LogP contribution in [0.1, 0.15) is 108 Å². The van der Waals surface area contributed by atoms with E-state index in [9.17, 15) is 0 Å². The van der Waals surface area contributed by atoms with Crippen molar-refractivity contribution in [3.63, 3.8) is 0 Å². The summed E-state index contributed by atoms with van der Waals surface area (Å²) >= 11 is 0. The molecule has 0 aliphatic carbocycles. The Labute approximate surface area is 619 Å². The van der Waals surface area contributed by atoms with Crippen molar-refractivity contribution in [2.45, 2.75) is 125 Å².